The Morgan fingerprint density at radius 2 is 2.24 bits per heavy atom. The lowest BCUT2D eigenvalue weighted by Gasteiger charge is -2.14. The number of thiazole rings is 1. The van der Waals surface area contributed by atoms with Crippen molar-refractivity contribution >= 4 is 52.6 Å². The first kappa shape index (κ1) is 16.7. The summed E-state index contributed by atoms with van der Waals surface area (Å²) < 4.78 is 0. The van der Waals surface area contributed by atoms with Gasteiger partial charge in [-0.15, -0.1) is 46.7 Å². The van der Waals surface area contributed by atoms with Gasteiger partial charge in [-0.3, -0.25) is 4.99 Å². The predicted molar refractivity (Wildman–Crippen MR) is 102 cm³/mol. The van der Waals surface area contributed by atoms with E-state index in [1.165, 1.54) is 9.75 Å². The van der Waals surface area contributed by atoms with Gasteiger partial charge >= 0.3 is 0 Å². The van der Waals surface area contributed by atoms with Crippen molar-refractivity contribution in [3.05, 3.63) is 27.4 Å². The molecule has 4 nitrogen and oxygen atoms in total. The second kappa shape index (κ2) is 7.55. The third-order valence-electron chi connectivity index (χ3n) is 3.25. The highest BCUT2D eigenvalue weighted by atomic mass is 127. The number of aryl methyl sites for hydroxylation is 1. The van der Waals surface area contributed by atoms with Crippen molar-refractivity contribution in [3.63, 3.8) is 0 Å². The maximum Gasteiger partial charge on any atom is 0.193 e. The molecule has 0 bridgehead atoms. The van der Waals surface area contributed by atoms with Crippen LogP contribution in [0.15, 0.2) is 22.5 Å². The van der Waals surface area contributed by atoms with Gasteiger partial charge in [0.05, 0.1) is 22.1 Å². The van der Waals surface area contributed by atoms with Crippen molar-refractivity contribution in [3.8, 4) is 10.6 Å². The molecule has 1 aliphatic rings. The molecule has 7 heteroatoms. The topological polar surface area (TPSA) is 40.5 Å². The molecule has 1 aliphatic heterocycles. The number of hydrogen-bond acceptors (Lipinski definition) is 6. The molecule has 0 unspecified atom stereocenters. The first-order valence-corrected chi connectivity index (χ1v) is 8.42. The summed E-state index contributed by atoms with van der Waals surface area (Å²) in [5, 5.41) is 6.66. The monoisotopic (exact) mass is 434 g/mol. The molecule has 114 valence electrons. The number of nitrogens with one attached hydrogen (secondary N) is 1. The normalized spacial score (nSPS) is 14.0. The summed E-state index contributed by atoms with van der Waals surface area (Å²) in [7, 11) is 2.08. The van der Waals surface area contributed by atoms with Crippen LogP contribution in [-0.2, 0) is 6.42 Å². The van der Waals surface area contributed by atoms with Crippen molar-refractivity contribution in [2.45, 2.75) is 13.3 Å². The standard InChI is InChI=1S/C14H18N4S2.HI/c1-10-17-12(9-19-10)13-4-3-11(20-13)5-6-15-14-16-7-8-18(14)2;/h3-4,9H,5-8H2,1-2H3,(H,15,16);1H. The number of thiophene rings is 1. The third kappa shape index (κ3) is 4.17. The summed E-state index contributed by atoms with van der Waals surface area (Å²) in [6, 6.07) is 4.38. The van der Waals surface area contributed by atoms with E-state index in [0.717, 1.165) is 42.7 Å². The Morgan fingerprint density at radius 3 is 2.90 bits per heavy atom. The summed E-state index contributed by atoms with van der Waals surface area (Å²) in [4.78, 5) is 13.8. The van der Waals surface area contributed by atoms with Gasteiger partial charge < -0.3 is 10.2 Å². The van der Waals surface area contributed by atoms with Crippen LogP contribution < -0.4 is 5.32 Å². The van der Waals surface area contributed by atoms with Crippen LogP contribution in [0.2, 0.25) is 0 Å². The molecule has 0 amide bonds. The van der Waals surface area contributed by atoms with Crippen LogP contribution in [0, 0.1) is 6.92 Å². The van der Waals surface area contributed by atoms with Gasteiger partial charge in [-0.1, -0.05) is 0 Å². The molecule has 0 spiro atoms. The molecule has 0 atom stereocenters. The molecular weight excluding hydrogens is 415 g/mol. The van der Waals surface area contributed by atoms with Crippen LogP contribution in [0.25, 0.3) is 10.6 Å². The van der Waals surface area contributed by atoms with Crippen LogP contribution in [0.3, 0.4) is 0 Å². The molecule has 0 fully saturated rings. The molecule has 1 N–H and O–H groups in total. The zero-order valence-electron chi connectivity index (χ0n) is 12.1. The highest BCUT2D eigenvalue weighted by molar-refractivity contribution is 14.0. The van der Waals surface area contributed by atoms with E-state index in [0.29, 0.717) is 0 Å². The summed E-state index contributed by atoms with van der Waals surface area (Å²) in [6.45, 7) is 4.91. The van der Waals surface area contributed by atoms with Crippen LogP contribution in [0.5, 0.6) is 0 Å². The summed E-state index contributed by atoms with van der Waals surface area (Å²) in [5.41, 5.74) is 1.11. The van der Waals surface area contributed by atoms with Crippen LogP contribution in [0.4, 0.5) is 0 Å². The second-order valence-electron chi connectivity index (χ2n) is 4.82. The maximum atomic E-state index is 4.54. The SMILES string of the molecule is Cc1nc(-c2ccc(CCNC3=NCCN3C)s2)cs1.I. The van der Waals surface area contributed by atoms with Gasteiger partial charge in [0.15, 0.2) is 5.96 Å². The number of nitrogens with zero attached hydrogens (tertiary/aromatic N) is 3. The molecule has 2 aromatic rings. The summed E-state index contributed by atoms with van der Waals surface area (Å²) >= 11 is 3.54. The quantitative estimate of drug-likeness (QED) is 0.752. The first-order chi connectivity index (χ1) is 9.72. The number of hydrogen-bond donors (Lipinski definition) is 1. The van der Waals surface area contributed by atoms with Crippen LogP contribution in [-0.4, -0.2) is 42.5 Å². The van der Waals surface area contributed by atoms with Gasteiger partial charge in [0.2, 0.25) is 0 Å². The molecule has 3 rings (SSSR count). The van der Waals surface area contributed by atoms with Gasteiger partial charge in [-0.2, -0.15) is 0 Å². The Hall–Kier alpha value is -0.670. The van der Waals surface area contributed by atoms with Crippen molar-refractivity contribution in [2.75, 3.05) is 26.7 Å². The minimum absolute atomic E-state index is 0. The zero-order valence-corrected chi connectivity index (χ0v) is 16.1. The lowest BCUT2D eigenvalue weighted by molar-refractivity contribution is 0.534. The van der Waals surface area contributed by atoms with Crippen molar-refractivity contribution in [1.29, 1.82) is 0 Å². The molecule has 0 aromatic carbocycles. The number of guanidine groups is 1. The average molecular weight is 434 g/mol. The largest absolute Gasteiger partial charge is 0.356 e. The highest BCUT2D eigenvalue weighted by Crippen LogP contribution is 2.29. The van der Waals surface area contributed by atoms with Gasteiger partial charge in [-0.05, 0) is 25.5 Å². The average Bonchev–Trinajstić information content (AvgIpc) is 3.12. The zero-order chi connectivity index (χ0) is 13.9. The van der Waals surface area contributed by atoms with Crippen LogP contribution >= 0.6 is 46.7 Å². The lowest BCUT2D eigenvalue weighted by atomic mass is 10.3. The van der Waals surface area contributed by atoms with E-state index >= 15 is 0 Å². The predicted octanol–water partition coefficient (Wildman–Crippen LogP) is 3.23. The first-order valence-electron chi connectivity index (χ1n) is 6.73. The number of rotatable bonds is 4. The Labute approximate surface area is 150 Å². The Balaban J connectivity index is 0.00000161. The number of aliphatic imine (C=N–C) groups is 1. The molecule has 0 aliphatic carbocycles. The Kier molecular flexibility index (Phi) is 6.00. The molecular formula is C14H19IN4S2. The minimum Gasteiger partial charge on any atom is -0.356 e. The fourth-order valence-corrected chi connectivity index (χ4v) is 3.80. The molecule has 3 heterocycles. The van der Waals surface area contributed by atoms with Crippen LogP contribution in [0.1, 0.15) is 9.88 Å². The van der Waals surface area contributed by atoms with Crippen molar-refractivity contribution in [1.82, 2.24) is 15.2 Å². The molecule has 0 saturated heterocycles. The van der Waals surface area contributed by atoms with E-state index in [1.54, 1.807) is 11.3 Å². The minimum atomic E-state index is 0. The fourth-order valence-electron chi connectivity index (χ4n) is 2.15. The van der Waals surface area contributed by atoms with Crippen molar-refractivity contribution in [2.24, 2.45) is 4.99 Å². The number of halogens is 1. The van der Waals surface area contributed by atoms with Gasteiger partial charge in [0.1, 0.15) is 0 Å². The lowest BCUT2D eigenvalue weighted by Crippen LogP contribution is -2.36. The second-order valence-corrected chi connectivity index (χ2v) is 7.05. The van der Waals surface area contributed by atoms with E-state index in [2.05, 4.69) is 44.8 Å². The van der Waals surface area contributed by atoms with Gasteiger partial charge in [0, 0.05) is 30.4 Å². The number of likely N-dealkylation sites (N-methyl/N-ethyl adjacent to an activating group) is 1. The smallest absolute Gasteiger partial charge is 0.193 e. The van der Waals surface area contributed by atoms with E-state index in [-0.39, 0.29) is 24.0 Å². The molecule has 21 heavy (non-hydrogen) atoms. The third-order valence-corrected chi connectivity index (χ3v) is 5.19. The number of aromatic nitrogens is 1. The van der Waals surface area contributed by atoms with Crippen molar-refractivity contribution < 1.29 is 0 Å². The summed E-state index contributed by atoms with van der Waals surface area (Å²) in [6.07, 6.45) is 1.03. The molecule has 0 saturated carbocycles. The summed E-state index contributed by atoms with van der Waals surface area (Å²) in [5.74, 6) is 1.02. The molecule has 0 radical (unpaired) electrons. The Bertz CT molecular complexity index is 620. The van der Waals surface area contributed by atoms with Gasteiger partial charge in [0.25, 0.3) is 0 Å². The Morgan fingerprint density at radius 1 is 1.38 bits per heavy atom. The van der Waals surface area contributed by atoms with E-state index in [4.69, 9.17) is 0 Å². The van der Waals surface area contributed by atoms with Gasteiger partial charge in [-0.25, -0.2) is 4.98 Å². The van der Waals surface area contributed by atoms with E-state index in [9.17, 15) is 0 Å². The van der Waals surface area contributed by atoms with E-state index < -0.39 is 0 Å². The maximum absolute atomic E-state index is 4.54. The highest BCUT2D eigenvalue weighted by Gasteiger charge is 2.11. The molecule has 2 aromatic heterocycles. The van der Waals surface area contributed by atoms with E-state index in [1.807, 2.05) is 18.3 Å². The fraction of sp³-hybridized carbons (Fsp3) is 0.429.